The number of amides is 2. The molecule has 0 aromatic heterocycles. The van der Waals surface area contributed by atoms with Gasteiger partial charge >= 0.3 is 0 Å². The van der Waals surface area contributed by atoms with Crippen LogP contribution in [0.15, 0.2) is 0 Å². The predicted octanol–water partition coefficient (Wildman–Crippen LogP) is -1.44. The van der Waals surface area contributed by atoms with Crippen molar-refractivity contribution in [1.82, 2.24) is 9.80 Å². The van der Waals surface area contributed by atoms with Crippen molar-refractivity contribution < 1.29 is 30.0 Å². The van der Waals surface area contributed by atoms with Crippen LogP contribution in [0.2, 0.25) is 0 Å². The maximum Gasteiger partial charge on any atom is 0.232 e. The van der Waals surface area contributed by atoms with Gasteiger partial charge in [-0.3, -0.25) is 9.59 Å². The van der Waals surface area contributed by atoms with Crippen molar-refractivity contribution in [3.8, 4) is 0 Å². The Morgan fingerprint density at radius 3 is 1.04 bits per heavy atom. The van der Waals surface area contributed by atoms with Gasteiger partial charge in [-0.05, 0) is 27.7 Å². The summed E-state index contributed by atoms with van der Waals surface area (Å²) in [5.41, 5.74) is 0. The van der Waals surface area contributed by atoms with Crippen LogP contribution in [0.4, 0.5) is 0 Å². The Hall–Kier alpha value is -1.22. The molecule has 0 bridgehead atoms. The fourth-order valence-corrected chi connectivity index (χ4v) is 2.19. The van der Waals surface area contributed by atoms with E-state index in [4.69, 9.17) is 0 Å². The van der Waals surface area contributed by atoms with Crippen LogP contribution in [0.5, 0.6) is 0 Å². The first kappa shape index (κ1) is 21.8. The highest BCUT2D eigenvalue weighted by Crippen LogP contribution is 2.05. The number of hydrogen-bond donors (Lipinski definition) is 4. The molecule has 0 rings (SSSR count). The monoisotopic (exact) mass is 334 g/mol. The molecular formula is C15H30N2O6. The Labute approximate surface area is 137 Å². The molecule has 0 saturated carbocycles. The van der Waals surface area contributed by atoms with Crippen LogP contribution >= 0.6 is 0 Å². The second kappa shape index (κ2) is 10.5. The lowest BCUT2D eigenvalue weighted by atomic mass is 10.2. The van der Waals surface area contributed by atoms with Gasteiger partial charge in [-0.1, -0.05) is 0 Å². The molecule has 0 aliphatic carbocycles. The van der Waals surface area contributed by atoms with E-state index < -0.39 is 42.7 Å². The molecule has 0 fully saturated rings. The molecule has 0 aliphatic heterocycles. The molecule has 0 spiro atoms. The number of nitrogens with zero attached hydrogens (tertiary/aromatic N) is 2. The molecule has 4 N–H and O–H groups in total. The minimum absolute atomic E-state index is 0.0177. The van der Waals surface area contributed by atoms with Gasteiger partial charge in [-0.2, -0.15) is 0 Å². The summed E-state index contributed by atoms with van der Waals surface area (Å²) in [7, 11) is 0. The molecule has 0 aliphatic rings. The normalized spacial score (nSPS) is 16.3. The topological polar surface area (TPSA) is 122 Å². The van der Waals surface area contributed by atoms with E-state index in [0.29, 0.717) is 0 Å². The van der Waals surface area contributed by atoms with E-state index >= 15 is 0 Å². The van der Waals surface area contributed by atoms with Crippen LogP contribution in [0.3, 0.4) is 0 Å². The van der Waals surface area contributed by atoms with Crippen molar-refractivity contribution in [2.75, 3.05) is 26.2 Å². The number of carbonyl (C=O) groups excluding carboxylic acids is 2. The fourth-order valence-electron chi connectivity index (χ4n) is 2.19. The molecule has 0 aromatic carbocycles. The Kier molecular flexibility index (Phi) is 9.98. The zero-order valence-electron chi connectivity index (χ0n) is 14.3. The van der Waals surface area contributed by atoms with E-state index in [0.717, 1.165) is 0 Å². The van der Waals surface area contributed by atoms with Crippen molar-refractivity contribution in [2.24, 2.45) is 0 Å². The van der Waals surface area contributed by atoms with E-state index in [-0.39, 0.29) is 26.2 Å². The van der Waals surface area contributed by atoms with Gasteiger partial charge in [0.05, 0.1) is 24.4 Å². The molecule has 136 valence electrons. The Bertz CT molecular complexity index is 317. The maximum absolute atomic E-state index is 12.2. The van der Waals surface area contributed by atoms with Crippen LogP contribution in [-0.4, -0.2) is 92.6 Å². The summed E-state index contributed by atoms with van der Waals surface area (Å²) in [5, 5.41) is 37.7. The van der Waals surface area contributed by atoms with Gasteiger partial charge in [0.2, 0.25) is 11.8 Å². The summed E-state index contributed by atoms with van der Waals surface area (Å²) in [6, 6.07) is 0. The second-order valence-electron chi connectivity index (χ2n) is 6.17. The average Bonchev–Trinajstić information content (AvgIpc) is 2.34. The minimum Gasteiger partial charge on any atom is -0.392 e. The largest absolute Gasteiger partial charge is 0.392 e. The zero-order valence-corrected chi connectivity index (χ0v) is 14.3. The van der Waals surface area contributed by atoms with Crippen LogP contribution in [0.25, 0.3) is 0 Å². The second-order valence-corrected chi connectivity index (χ2v) is 6.17. The number of hydrogen-bond acceptors (Lipinski definition) is 6. The van der Waals surface area contributed by atoms with Gasteiger partial charge in [0.25, 0.3) is 0 Å². The molecule has 4 unspecified atom stereocenters. The lowest BCUT2D eigenvalue weighted by molar-refractivity contribution is -0.143. The minimum atomic E-state index is -0.779. The van der Waals surface area contributed by atoms with Crippen LogP contribution in [-0.2, 0) is 9.59 Å². The highest BCUT2D eigenvalue weighted by atomic mass is 16.3. The average molecular weight is 334 g/mol. The van der Waals surface area contributed by atoms with E-state index in [2.05, 4.69) is 0 Å². The predicted molar refractivity (Wildman–Crippen MR) is 84.5 cm³/mol. The Balaban J connectivity index is 4.86. The highest BCUT2D eigenvalue weighted by Gasteiger charge is 2.24. The van der Waals surface area contributed by atoms with E-state index in [9.17, 15) is 30.0 Å². The highest BCUT2D eigenvalue weighted by molar-refractivity contribution is 5.97. The number of aliphatic hydroxyl groups is 4. The summed E-state index contributed by atoms with van der Waals surface area (Å²) >= 11 is 0. The summed E-state index contributed by atoms with van der Waals surface area (Å²) in [4.78, 5) is 26.9. The molecule has 23 heavy (non-hydrogen) atoms. The summed E-state index contributed by atoms with van der Waals surface area (Å²) in [5.74, 6) is -1.03. The molecule has 0 heterocycles. The van der Waals surface area contributed by atoms with E-state index in [1.165, 1.54) is 37.5 Å². The van der Waals surface area contributed by atoms with Crippen molar-refractivity contribution in [3.05, 3.63) is 0 Å². The summed E-state index contributed by atoms with van der Waals surface area (Å²) < 4.78 is 0. The van der Waals surface area contributed by atoms with Crippen LogP contribution in [0, 0.1) is 0 Å². The lowest BCUT2D eigenvalue weighted by Crippen LogP contribution is -2.45. The first-order valence-electron chi connectivity index (χ1n) is 7.80. The number of carbonyl (C=O) groups is 2. The third-order valence-corrected chi connectivity index (χ3v) is 2.95. The maximum atomic E-state index is 12.2. The standard InChI is InChI=1S/C15H30N2O6/c1-10(18)6-16(7-11(2)19)14(22)5-15(23)17(8-12(3)20)9-13(4)21/h10-13,18-21H,5-9H2,1-4H3. The Morgan fingerprint density at radius 2 is 0.870 bits per heavy atom. The lowest BCUT2D eigenvalue weighted by Gasteiger charge is -2.28. The number of rotatable bonds is 10. The quantitative estimate of drug-likeness (QED) is 0.363. The summed E-state index contributed by atoms with van der Waals surface area (Å²) in [6.07, 6.45) is -3.56. The van der Waals surface area contributed by atoms with Crippen molar-refractivity contribution in [2.45, 2.75) is 58.5 Å². The Morgan fingerprint density at radius 1 is 0.652 bits per heavy atom. The van der Waals surface area contributed by atoms with Gasteiger partial charge in [0.1, 0.15) is 6.42 Å². The molecular weight excluding hydrogens is 304 g/mol. The molecule has 8 heteroatoms. The first-order valence-corrected chi connectivity index (χ1v) is 7.80. The van der Waals surface area contributed by atoms with Gasteiger partial charge in [0, 0.05) is 26.2 Å². The molecule has 4 atom stereocenters. The zero-order chi connectivity index (χ0) is 18.2. The molecule has 0 saturated heterocycles. The third kappa shape index (κ3) is 10.2. The molecule has 8 nitrogen and oxygen atoms in total. The van der Waals surface area contributed by atoms with Crippen molar-refractivity contribution in [3.63, 3.8) is 0 Å². The molecule has 0 aromatic rings. The van der Waals surface area contributed by atoms with Crippen LogP contribution in [0.1, 0.15) is 34.1 Å². The summed E-state index contributed by atoms with van der Waals surface area (Å²) in [6.45, 7) is 6.12. The van der Waals surface area contributed by atoms with Crippen molar-refractivity contribution in [1.29, 1.82) is 0 Å². The van der Waals surface area contributed by atoms with Gasteiger partial charge in [0.15, 0.2) is 0 Å². The first-order chi connectivity index (χ1) is 10.5. The molecule has 0 radical (unpaired) electrons. The van der Waals surface area contributed by atoms with Crippen LogP contribution < -0.4 is 0 Å². The fraction of sp³-hybridized carbons (Fsp3) is 0.867. The third-order valence-electron chi connectivity index (χ3n) is 2.95. The number of aliphatic hydroxyl groups excluding tert-OH is 4. The SMILES string of the molecule is CC(O)CN(CC(C)O)C(=O)CC(=O)N(CC(C)O)CC(C)O. The van der Waals surface area contributed by atoms with E-state index in [1.54, 1.807) is 0 Å². The molecule has 2 amide bonds. The van der Waals surface area contributed by atoms with Gasteiger partial charge < -0.3 is 30.2 Å². The van der Waals surface area contributed by atoms with E-state index in [1.807, 2.05) is 0 Å². The van der Waals surface area contributed by atoms with Gasteiger partial charge in [-0.15, -0.1) is 0 Å². The van der Waals surface area contributed by atoms with Gasteiger partial charge in [-0.25, -0.2) is 0 Å². The smallest absolute Gasteiger partial charge is 0.232 e. The van der Waals surface area contributed by atoms with Crippen molar-refractivity contribution >= 4 is 11.8 Å².